The summed E-state index contributed by atoms with van der Waals surface area (Å²) in [6.07, 6.45) is 5.10. The van der Waals surface area contributed by atoms with Gasteiger partial charge in [-0.2, -0.15) is 5.10 Å². The molecule has 0 unspecified atom stereocenters. The first-order valence-electron chi connectivity index (χ1n) is 4.91. The lowest BCUT2D eigenvalue weighted by Gasteiger charge is -1.99. The summed E-state index contributed by atoms with van der Waals surface area (Å²) in [5.74, 6) is 0.303. The Morgan fingerprint density at radius 1 is 1.59 bits per heavy atom. The number of esters is 1. The summed E-state index contributed by atoms with van der Waals surface area (Å²) in [6, 6.07) is 3.38. The molecule has 17 heavy (non-hydrogen) atoms. The summed E-state index contributed by atoms with van der Waals surface area (Å²) in [4.78, 5) is 15.2. The van der Waals surface area contributed by atoms with Crippen molar-refractivity contribution >= 4 is 17.6 Å². The van der Waals surface area contributed by atoms with Crippen LogP contribution in [-0.4, -0.2) is 27.8 Å². The molecular weight excluding hydrogens is 242 g/mol. The number of nitrogens with zero attached hydrogens (tertiary/aromatic N) is 3. The van der Waals surface area contributed by atoms with E-state index in [0.717, 1.165) is 5.56 Å². The Kier molecular flexibility index (Phi) is 3.39. The van der Waals surface area contributed by atoms with Gasteiger partial charge in [-0.15, -0.1) is 0 Å². The molecule has 2 aromatic rings. The SMILES string of the molecule is COC(=O)Cc1cnn(-c2cc(Cl)ccn2)c1. The molecule has 0 aromatic carbocycles. The second kappa shape index (κ2) is 4.97. The number of carbonyl (C=O) groups excluding carboxylic acids is 1. The number of halogens is 1. The molecule has 6 heteroatoms. The highest BCUT2D eigenvalue weighted by Crippen LogP contribution is 2.12. The molecule has 5 nitrogen and oxygen atoms in total. The molecule has 2 aromatic heterocycles. The van der Waals surface area contributed by atoms with Crippen LogP contribution in [0.3, 0.4) is 0 Å². The minimum Gasteiger partial charge on any atom is -0.469 e. The monoisotopic (exact) mass is 251 g/mol. The van der Waals surface area contributed by atoms with Crippen LogP contribution < -0.4 is 0 Å². The van der Waals surface area contributed by atoms with Crippen LogP contribution >= 0.6 is 11.6 Å². The molecule has 0 saturated carbocycles. The van der Waals surface area contributed by atoms with Gasteiger partial charge in [-0.1, -0.05) is 11.6 Å². The van der Waals surface area contributed by atoms with Crippen molar-refractivity contribution in [2.24, 2.45) is 0 Å². The smallest absolute Gasteiger partial charge is 0.310 e. The van der Waals surface area contributed by atoms with Gasteiger partial charge in [0, 0.05) is 29.0 Å². The number of rotatable bonds is 3. The van der Waals surface area contributed by atoms with E-state index in [4.69, 9.17) is 11.6 Å². The topological polar surface area (TPSA) is 57.0 Å². The first-order valence-corrected chi connectivity index (χ1v) is 5.29. The lowest BCUT2D eigenvalue weighted by Crippen LogP contribution is -2.03. The summed E-state index contributed by atoms with van der Waals surface area (Å²) in [6.45, 7) is 0. The molecule has 0 atom stereocenters. The van der Waals surface area contributed by atoms with Crippen molar-refractivity contribution in [2.75, 3.05) is 7.11 Å². The van der Waals surface area contributed by atoms with Crippen molar-refractivity contribution in [3.63, 3.8) is 0 Å². The quantitative estimate of drug-likeness (QED) is 0.778. The maximum Gasteiger partial charge on any atom is 0.310 e. The number of aromatic nitrogens is 3. The Morgan fingerprint density at radius 3 is 3.12 bits per heavy atom. The minimum atomic E-state index is -0.302. The molecule has 0 fully saturated rings. The van der Waals surface area contributed by atoms with E-state index in [-0.39, 0.29) is 12.4 Å². The molecule has 0 bridgehead atoms. The maximum atomic E-state index is 11.1. The Balaban J connectivity index is 2.21. The van der Waals surface area contributed by atoms with E-state index in [2.05, 4.69) is 14.8 Å². The summed E-state index contributed by atoms with van der Waals surface area (Å²) in [7, 11) is 1.35. The van der Waals surface area contributed by atoms with Crippen LogP contribution in [0.25, 0.3) is 5.82 Å². The fourth-order valence-corrected chi connectivity index (χ4v) is 1.49. The van der Waals surface area contributed by atoms with Gasteiger partial charge in [0.1, 0.15) is 0 Å². The largest absolute Gasteiger partial charge is 0.469 e. The highest BCUT2D eigenvalue weighted by molar-refractivity contribution is 6.30. The van der Waals surface area contributed by atoms with Crippen LogP contribution in [0, 0.1) is 0 Å². The van der Waals surface area contributed by atoms with E-state index in [9.17, 15) is 4.79 Å². The first kappa shape index (κ1) is 11.6. The maximum absolute atomic E-state index is 11.1. The number of hydrogen-bond donors (Lipinski definition) is 0. The van der Waals surface area contributed by atoms with Gasteiger partial charge in [-0.3, -0.25) is 4.79 Å². The molecular formula is C11H10ClN3O2. The van der Waals surface area contributed by atoms with Gasteiger partial charge in [0.15, 0.2) is 5.82 Å². The van der Waals surface area contributed by atoms with Gasteiger partial charge in [0.25, 0.3) is 0 Å². The standard InChI is InChI=1S/C11H10ClN3O2/c1-17-11(16)4-8-6-14-15(7-8)10-5-9(12)2-3-13-10/h2-3,5-7H,4H2,1H3. The second-order valence-corrected chi connectivity index (χ2v) is 3.81. The zero-order chi connectivity index (χ0) is 12.3. The fourth-order valence-electron chi connectivity index (χ4n) is 1.33. The molecule has 2 heterocycles. The number of ether oxygens (including phenoxy) is 1. The highest BCUT2D eigenvalue weighted by atomic mass is 35.5. The molecule has 0 N–H and O–H groups in total. The van der Waals surface area contributed by atoms with Crippen molar-refractivity contribution in [1.29, 1.82) is 0 Å². The normalized spacial score (nSPS) is 10.2. The Labute approximate surface area is 103 Å². The van der Waals surface area contributed by atoms with Crippen molar-refractivity contribution in [2.45, 2.75) is 6.42 Å². The van der Waals surface area contributed by atoms with Gasteiger partial charge in [0.05, 0.1) is 19.7 Å². The average molecular weight is 252 g/mol. The number of hydrogen-bond acceptors (Lipinski definition) is 4. The summed E-state index contributed by atoms with van der Waals surface area (Å²) in [5.41, 5.74) is 0.763. The molecule has 0 spiro atoms. The van der Waals surface area contributed by atoms with E-state index in [1.807, 2.05) is 0 Å². The minimum absolute atomic E-state index is 0.192. The summed E-state index contributed by atoms with van der Waals surface area (Å²) >= 11 is 5.85. The lowest BCUT2D eigenvalue weighted by molar-refractivity contribution is -0.139. The molecule has 88 valence electrons. The third kappa shape index (κ3) is 2.82. The van der Waals surface area contributed by atoms with Gasteiger partial charge in [-0.25, -0.2) is 9.67 Å². The average Bonchev–Trinajstić information content (AvgIpc) is 2.77. The predicted octanol–water partition coefficient (Wildman–Crippen LogP) is 1.64. The molecule has 0 aliphatic carbocycles. The molecule has 0 aliphatic rings. The number of carbonyl (C=O) groups is 1. The van der Waals surface area contributed by atoms with Gasteiger partial charge >= 0.3 is 5.97 Å². The third-order valence-electron chi connectivity index (χ3n) is 2.15. The van der Waals surface area contributed by atoms with Gasteiger partial charge in [0.2, 0.25) is 0 Å². The Hall–Kier alpha value is -1.88. The molecule has 0 saturated heterocycles. The van der Waals surface area contributed by atoms with Crippen molar-refractivity contribution in [1.82, 2.24) is 14.8 Å². The summed E-state index contributed by atoms with van der Waals surface area (Å²) in [5, 5.41) is 4.69. The first-order chi connectivity index (χ1) is 8.19. The lowest BCUT2D eigenvalue weighted by atomic mass is 10.3. The molecule has 0 aliphatic heterocycles. The number of methoxy groups -OCH3 is 1. The van der Waals surface area contributed by atoms with Crippen molar-refractivity contribution in [3.05, 3.63) is 41.3 Å². The third-order valence-corrected chi connectivity index (χ3v) is 2.39. The van der Waals surface area contributed by atoms with Crippen LogP contribution in [0.4, 0.5) is 0 Å². The fraction of sp³-hybridized carbons (Fsp3) is 0.182. The Morgan fingerprint density at radius 2 is 2.41 bits per heavy atom. The van der Waals surface area contributed by atoms with E-state index in [0.29, 0.717) is 10.8 Å². The molecule has 0 radical (unpaired) electrons. The Bertz CT molecular complexity index is 539. The van der Waals surface area contributed by atoms with Crippen LogP contribution in [0.2, 0.25) is 5.02 Å². The van der Waals surface area contributed by atoms with Crippen molar-refractivity contribution in [3.8, 4) is 5.82 Å². The van der Waals surface area contributed by atoms with Gasteiger partial charge < -0.3 is 4.74 Å². The molecule has 2 rings (SSSR count). The zero-order valence-electron chi connectivity index (χ0n) is 9.13. The van der Waals surface area contributed by atoms with Crippen LogP contribution in [0.15, 0.2) is 30.7 Å². The van der Waals surface area contributed by atoms with Crippen LogP contribution in [-0.2, 0) is 16.0 Å². The van der Waals surface area contributed by atoms with E-state index in [1.54, 1.807) is 35.4 Å². The predicted molar refractivity (Wildman–Crippen MR) is 62.1 cm³/mol. The highest BCUT2D eigenvalue weighted by Gasteiger charge is 2.07. The van der Waals surface area contributed by atoms with E-state index >= 15 is 0 Å². The summed E-state index contributed by atoms with van der Waals surface area (Å²) < 4.78 is 6.14. The number of pyridine rings is 1. The second-order valence-electron chi connectivity index (χ2n) is 3.38. The van der Waals surface area contributed by atoms with E-state index in [1.165, 1.54) is 7.11 Å². The molecule has 0 amide bonds. The van der Waals surface area contributed by atoms with Crippen LogP contribution in [0.1, 0.15) is 5.56 Å². The zero-order valence-corrected chi connectivity index (χ0v) is 9.89. The van der Waals surface area contributed by atoms with E-state index < -0.39 is 0 Å². The van der Waals surface area contributed by atoms with Crippen LogP contribution in [0.5, 0.6) is 0 Å². The van der Waals surface area contributed by atoms with Crippen molar-refractivity contribution < 1.29 is 9.53 Å². The van der Waals surface area contributed by atoms with Gasteiger partial charge in [-0.05, 0) is 6.07 Å².